The molecule has 0 radical (unpaired) electrons. The lowest BCUT2D eigenvalue weighted by Gasteiger charge is -2.17. The van der Waals surface area contributed by atoms with Crippen LogP contribution in [0.25, 0.3) is 0 Å². The summed E-state index contributed by atoms with van der Waals surface area (Å²) in [5, 5.41) is 0. The van der Waals surface area contributed by atoms with Gasteiger partial charge in [0.2, 0.25) is 0 Å². The lowest BCUT2D eigenvalue weighted by atomic mass is 9.89. The van der Waals surface area contributed by atoms with Crippen molar-refractivity contribution in [2.75, 3.05) is 7.11 Å². The fourth-order valence-electron chi connectivity index (χ4n) is 2.55. The van der Waals surface area contributed by atoms with Crippen LogP contribution in [0.15, 0.2) is 35.6 Å². The lowest BCUT2D eigenvalue weighted by Crippen LogP contribution is -2.11. The van der Waals surface area contributed by atoms with Crippen molar-refractivity contribution in [3.05, 3.63) is 35.6 Å². The highest BCUT2D eigenvalue weighted by Gasteiger charge is 2.23. The van der Waals surface area contributed by atoms with E-state index in [1.54, 1.807) is 19.1 Å². The molecule has 120 valence electrons. The van der Waals surface area contributed by atoms with E-state index < -0.39 is 18.2 Å². The van der Waals surface area contributed by atoms with Gasteiger partial charge in [-0.1, -0.05) is 25.3 Å². The van der Waals surface area contributed by atoms with Crippen molar-refractivity contribution >= 4 is 11.9 Å². The molecule has 0 bridgehead atoms. The molecule has 22 heavy (non-hydrogen) atoms. The van der Waals surface area contributed by atoms with Gasteiger partial charge in [0.05, 0.1) is 12.7 Å². The Morgan fingerprint density at radius 3 is 2.64 bits per heavy atom. The summed E-state index contributed by atoms with van der Waals surface area (Å²) in [6.07, 6.45) is 11.9. The zero-order valence-corrected chi connectivity index (χ0v) is 13.0. The van der Waals surface area contributed by atoms with Gasteiger partial charge in [-0.25, -0.2) is 9.59 Å². The second-order valence-electron chi connectivity index (χ2n) is 5.58. The Labute approximate surface area is 130 Å². The minimum atomic E-state index is -0.782. The van der Waals surface area contributed by atoms with Crippen molar-refractivity contribution in [2.45, 2.75) is 45.3 Å². The van der Waals surface area contributed by atoms with Gasteiger partial charge in [-0.2, -0.15) is 0 Å². The lowest BCUT2D eigenvalue weighted by molar-refractivity contribution is -0.152. The van der Waals surface area contributed by atoms with Gasteiger partial charge >= 0.3 is 11.9 Å². The van der Waals surface area contributed by atoms with Gasteiger partial charge in [0.25, 0.3) is 6.29 Å². The molecule has 1 fully saturated rings. The molecule has 1 aliphatic carbocycles. The van der Waals surface area contributed by atoms with Gasteiger partial charge in [-0.05, 0) is 31.8 Å². The van der Waals surface area contributed by atoms with Crippen LogP contribution >= 0.6 is 0 Å². The molecular weight excluding hydrogens is 284 g/mol. The van der Waals surface area contributed by atoms with Gasteiger partial charge in [-0.3, -0.25) is 0 Å². The summed E-state index contributed by atoms with van der Waals surface area (Å²) in [6.45, 7) is 1.65. The number of carbonyl (C=O) groups is 2. The number of cyclic esters (lactones) is 1. The zero-order chi connectivity index (χ0) is 15.9. The van der Waals surface area contributed by atoms with Crippen molar-refractivity contribution in [2.24, 2.45) is 5.92 Å². The Morgan fingerprint density at radius 1 is 1.32 bits per heavy atom. The summed E-state index contributed by atoms with van der Waals surface area (Å²) in [7, 11) is 1.32. The van der Waals surface area contributed by atoms with Crippen LogP contribution in [0.1, 0.15) is 39.0 Å². The van der Waals surface area contributed by atoms with Crippen molar-refractivity contribution in [1.82, 2.24) is 0 Å². The van der Waals surface area contributed by atoms with Crippen LogP contribution < -0.4 is 0 Å². The van der Waals surface area contributed by atoms with Crippen molar-refractivity contribution in [1.29, 1.82) is 0 Å². The molecule has 0 spiro atoms. The SMILES string of the molecule is COC(=O)C(/C=C/C1CCCCC1)=C/OC1C=C(C)C(=O)O1. The highest BCUT2D eigenvalue weighted by molar-refractivity contribution is 5.91. The molecular formula is C17H22O5. The van der Waals surface area contributed by atoms with Crippen molar-refractivity contribution < 1.29 is 23.8 Å². The molecule has 1 heterocycles. The van der Waals surface area contributed by atoms with E-state index in [-0.39, 0.29) is 0 Å². The number of esters is 2. The predicted molar refractivity (Wildman–Crippen MR) is 80.5 cm³/mol. The van der Waals surface area contributed by atoms with E-state index in [9.17, 15) is 9.59 Å². The number of carbonyl (C=O) groups excluding carboxylic acids is 2. The number of ether oxygens (including phenoxy) is 3. The molecule has 0 N–H and O–H groups in total. The molecule has 1 aliphatic heterocycles. The van der Waals surface area contributed by atoms with Crippen LogP contribution in [0.4, 0.5) is 0 Å². The molecule has 2 rings (SSSR count). The van der Waals surface area contributed by atoms with Crippen LogP contribution in [-0.4, -0.2) is 25.3 Å². The number of hydrogen-bond donors (Lipinski definition) is 0. The first-order valence-corrected chi connectivity index (χ1v) is 7.61. The van der Waals surface area contributed by atoms with Crippen molar-refractivity contribution in [3.63, 3.8) is 0 Å². The molecule has 0 amide bonds. The van der Waals surface area contributed by atoms with Gasteiger partial charge in [0.15, 0.2) is 0 Å². The number of allylic oxidation sites excluding steroid dienone is 1. The summed E-state index contributed by atoms with van der Waals surface area (Å²) < 4.78 is 15.0. The summed E-state index contributed by atoms with van der Waals surface area (Å²) in [6, 6.07) is 0. The first-order chi connectivity index (χ1) is 10.6. The van der Waals surface area contributed by atoms with Gasteiger partial charge in [0.1, 0.15) is 6.26 Å². The second-order valence-corrected chi connectivity index (χ2v) is 5.58. The average Bonchev–Trinajstić information content (AvgIpc) is 2.86. The largest absolute Gasteiger partial charge is 0.465 e. The third-order valence-electron chi connectivity index (χ3n) is 3.88. The fraction of sp³-hybridized carbons (Fsp3) is 0.529. The van der Waals surface area contributed by atoms with E-state index in [4.69, 9.17) is 14.2 Å². The van der Waals surface area contributed by atoms with E-state index in [2.05, 4.69) is 0 Å². The third-order valence-corrected chi connectivity index (χ3v) is 3.88. The molecule has 1 unspecified atom stereocenters. The predicted octanol–water partition coefficient (Wildman–Crippen LogP) is 3.03. The maximum Gasteiger partial charge on any atom is 0.340 e. The highest BCUT2D eigenvalue weighted by atomic mass is 16.7. The van der Waals surface area contributed by atoms with Crippen molar-refractivity contribution in [3.8, 4) is 0 Å². The standard InChI is InChI=1S/C17H22O5/c1-12-10-15(22-16(12)18)21-11-14(17(19)20-2)9-8-13-6-4-3-5-7-13/h8-11,13,15H,3-7H2,1-2H3/b9-8+,14-11+. The quantitative estimate of drug-likeness (QED) is 0.338. The average molecular weight is 306 g/mol. The van der Waals surface area contributed by atoms with E-state index in [1.165, 1.54) is 32.6 Å². The van der Waals surface area contributed by atoms with E-state index in [0.29, 0.717) is 17.1 Å². The smallest absolute Gasteiger partial charge is 0.340 e. The topological polar surface area (TPSA) is 61.8 Å². The molecule has 0 aromatic heterocycles. The van der Waals surface area contributed by atoms with Crippen LogP contribution in [0.3, 0.4) is 0 Å². The highest BCUT2D eigenvalue weighted by Crippen LogP contribution is 2.25. The molecule has 0 saturated heterocycles. The normalized spacial score (nSPS) is 23.4. The zero-order valence-electron chi connectivity index (χ0n) is 13.0. The maximum absolute atomic E-state index is 11.8. The van der Waals surface area contributed by atoms with E-state index in [1.807, 2.05) is 6.08 Å². The Balaban J connectivity index is 1.99. The second kappa shape index (κ2) is 7.82. The fourth-order valence-corrected chi connectivity index (χ4v) is 2.55. The van der Waals surface area contributed by atoms with Crippen LogP contribution in [0.2, 0.25) is 0 Å². The van der Waals surface area contributed by atoms with Crippen LogP contribution in [-0.2, 0) is 23.8 Å². The summed E-state index contributed by atoms with van der Waals surface area (Å²) in [5.74, 6) is -0.388. The maximum atomic E-state index is 11.8. The number of hydrogen-bond acceptors (Lipinski definition) is 5. The Bertz CT molecular complexity index is 509. The first-order valence-electron chi connectivity index (χ1n) is 7.61. The summed E-state index contributed by atoms with van der Waals surface area (Å²) in [4.78, 5) is 23.0. The van der Waals surface area contributed by atoms with E-state index in [0.717, 1.165) is 12.8 Å². The van der Waals surface area contributed by atoms with Crippen LogP contribution in [0, 0.1) is 5.92 Å². The van der Waals surface area contributed by atoms with E-state index >= 15 is 0 Å². The molecule has 2 aliphatic rings. The summed E-state index contributed by atoms with van der Waals surface area (Å²) >= 11 is 0. The monoisotopic (exact) mass is 306 g/mol. The van der Waals surface area contributed by atoms with Gasteiger partial charge < -0.3 is 14.2 Å². The molecule has 5 nitrogen and oxygen atoms in total. The Kier molecular flexibility index (Phi) is 5.81. The summed E-state index contributed by atoms with van der Waals surface area (Å²) in [5.41, 5.74) is 0.804. The minimum Gasteiger partial charge on any atom is -0.465 e. The molecule has 5 heteroatoms. The van der Waals surface area contributed by atoms with Crippen LogP contribution in [0.5, 0.6) is 0 Å². The number of rotatable bonds is 5. The third kappa shape index (κ3) is 4.48. The molecule has 0 aromatic carbocycles. The molecule has 1 saturated carbocycles. The Morgan fingerprint density at radius 2 is 2.05 bits per heavy atom. The van der Waals surface area contributed by atoms with Gasteiger partial charge in [-0.15, -0.1) is 0 Å². The molecule has 1 atom stereocenters. The van der Waals surface area contributed by atoms with Gasteiger partial charge in [0, 0.05) is 11.6 Å². The molecule has 0 aromatic rings. The Hall–Kier alpha value is -2.04. The minimum absolute atomic E-state index is 0.307. The number of methoxy groups -OCH3 is 1. The first kappa shape index (κ1) is 16.3.